The van der Waals surface area contributed by atoms with Crippen molar-refractivity contribution in [3.8, 4) is 0 Å². The van der Waals surface area contributed by atoms with Gasteiger partial charge in [-0.05, 0) is 34.8 Å². The highest BCUT2D eigenvalue weighted by atomic mass is 79.9. The number of halogens is 1. The smallest absolute Gasteiger partial charge is 0.256 e. The van der Waals surface area contributed by atoms with E-state index in [0.29, 0.717) is 10.2 Å². The minimum absolute atomic E-state index is 0.00574. The second kappa shape index (κ2) is 4.59. The van der Waals surface area contributed by atoms with Crippen molar-refractivity contribution in [2.45, 2.75) is 31.2 Å². The minimum Gasteiger partial charge on any atom is -0.457 e. The molecule has 2 rings (SSSR count). The molecule has 0 aromatic carbocycles. The van der Waals surface area contributed by atoms with Gasteiger partial charge in [0.2, 0.25) is 0 Å². The lowest BCUT2D eigenvalue weighted by Gasteiger charge is -2.27. The maximum atomic E-state index is 11.9. The first kappa shape index (κ1) is 11.7. The van der Waals surface area contributed by atoms with Crippen LogP contribution in [0.15, 0.2) is 21.4 Å². The Morgan fingerprint density at radius 2 is 2.25 bits per heavy atom. The van der Waals surface area contributed by atoms with Crippen LogP contribution in [0.2, 0.25) is 0 Å². The Hall–Kier alpha value is -0.810. The number of carbonyl (C=O) groups excluding carboxylic acids is 1. The lowest BCUT2D eigenvalue weighted by molar-refractivity contribution is 0.0837. The van der Waals surface area contributed by atoms with Gasteiger partial charge in [0, 0.05) is 0 Å². The molecule has 1 aliphatic carbocycles. The third-order valence-corrected chi connectivity index (χ3v) is 3.72. The van der Waals surface area contributed by atoms with E-state index in [1.807, 2.05) is 0 Å². The molecule has 1 fully saturated rings. The van der Waals surface area contributed by atoms with E-state index in [9.17, 15) is 9.90 Å². The van der Waals surface area contributed by atoms with Gasteiger partial charge in [0.05, 0.1) is 24.0 Å². The molecule has 0 saturated heterocycles. The molecule has 0 bridgehead atoms. The van der Waals surface area contributed by atoms with Crippen LogP contribution in [0.4, 0.5) is 0 Å². The van der Waals surface area contributed by atoms with E-state index in [0.717, 1.165) is 25.7 Å². The van der Waals surface area contributed by atoms with E-state index >= 15 is 0 Å². The molecule has 0 aliphatic heterocycles. The maximum Gasteiger partial charge on any atom is 0.256 e. The molecule has 0 radical (unpaired) electrons. The SMILES string of the molecule is O=C(NC1(CO)CCCC1)c1ccoc1Br. The molecule has 0 atom stereocenters. The molecular formula is C11H14BrNO3. The van der Waals surface area contributed by atoms with Crippen LogP contribution in [-0.4, -0.2) is 23.2 Å². The molecule has 1 heterocycles. The first-order valence-electron chi connectivity index (χ1n) is 5.33. The van der Waals surface area contributed by atoms with E-state index < -0.39 is 5.54 Å². The number of hydrogen-bond acceptors (Lipinski definition) is 3. The van der Waals surface area contributed by atoms with Crippen molar-refractivity contribution in [1.29, 1.82) is 0 Å². The van der Waals surface area contributed by atoms with Crippen molar-refractivity contribution >= 4 is 21.8 Å². The van der Waals surface area contributed by atoms with E-state index in [-0.39, 0.29) is 12.5 Å². The van der Waals surface area contributed by atoms with Gasteiger partial charge in [-0.2, -0.15) is 0 Å². The second-order valence-electron chi connectivity index (χ2n) is 4.21. The van der Waals surface area contributed by atoms with Crippen LogP contribution in [0.3, 0.4) is 0 Å². The van der Waals surface area contributed by atoms with Crippen molar-refractivity contribution in [3.05, 3.63) is 22.6 Å². The van der Waals surface area contributed by atoms with Crippen LogP contribution < -0.4 is 5.32 Å². The average Bonchev–Trinajstić information content (AvgIpc) is 2.87. The van der Waals surface area contributed by atoms with Crippen LogP contribution in [-0.2, 0) is 0 Å². The second-order valence-corrected chi connectivity index (χ2v) is 4.93. The van der Waals surface area contributed by atoms with Crippen LogP contribution in [0, 0.1) is 0 Å². The van der Waals surface area contributed by atoms with Crippen molar-refractivity contribution < 1.29 is 14.3 Å². The van der Waals surface area contributed by atoms with Gasteiger partial charge in [0.15, 0.2) is 4.67 Å². The van der Waals surface area contributed by atoms with Gasteiger partial charge in [-0.15, -0.1) is 0 Å². The monoisotopic (exact) mass is 287 g/mol. The maximum absolute atomic E-state index is 11.9. The number of furan rings is 1. The fourth-order valence-corrected chi connectivity index (χ4v) is 2.56. The van der Waals surface area contributed by atoms with E-state index in [2.05, 4.69) is 21.2 Å². The van der Waals surface area contributed by atoms with Gasteiger partial charge in [0.25, 0.3) is 5.91 Å². The zero-order chi connectivity index (χ0) is 11.6. The summed E-state index contributed by atoms with van der Waals surface area (Å²) in [4.78, 5) is 11.9. The fraction of sp³-hybridized carbons (Fsp3) is 0.545. The summed E-state index contributed by atoms with van der Waals surface area (Å²) in [6.07, 6.45) is 5.23. The molecule has 1 aliphatic rings. The molecule has 1 saturated carbocycles. The van der Waals surface area contributed by atoms with Crippen molar-refractivity contribution in [2.75, 3.05) is 6.61 Å². The summed E-state index contributed by atoms with van der Waals surface area (Å²) in [6.45, 7) is -0.00574. The first-order valence-corrected chi connectivity index (χ1v) is 6.12. The van der Waals surface area contributed by atoms with Crippen molar-refractivity contribution in [2.24, 2.45) is 0 Å². The molecular weight excluding hydrogens is 274 g/mol. The standard InChI is InChI=1S/C11H14BrNO3/c12-9-8(3-6-16-9)10(15)13-11(7-14)4-1-2-5-11/h3,6,14H,1-2,4-5,7H2,(H,13,15). The molecule has 5 heteroatoms. The van der Waals surface area contributed by atoms with Crippen LogP contribution in [0.5, 0.6) is 0 Å². The number of carbonyl (C=O) groups is 1. The Bertz CT molecular complexity index is 382. The Kier molecular flexibility index (Phi) is 3.35. The predicted octanol–water partition coefficient (Wildman–Crippen LogP) is 2.08. The Balaban J connectivity index is 2.09. The highest BCUT2D eigenvalue weighted by molar-refractivity contribution is 9.10. The topological polar surface area (TPSA) is 62.5 Å². The van der Waals surface area contributed by atoms with Crippen LogP contribution in [0.1, 0.15) is 36.0 Å². The summed E-state index contributed by atoms with van der Waals surface area (Å²) in [6, 6.07) is 1.61. The lowest BCUT2D eigenvalue weighted by Crippen LogP contribution is -2.49. The molecule has 1 aromatic rings. The van der Waals surface area contributed by atoms with Crippen LogP contribution in [0.25, 0.3) is 0 Å². The predicted molar refractivity (Wildman–Crippen MR) is 62.2 cm³/mol. The van der Waals surface area contributed by atoms with Gasteiger partial charge in [-0.3, -0.25) is 4.79 Å². The molecule has 0 spiro atoms. The van der Waals surface area contributed by atoms with Gasteiger partial charge in [-0.25, -0.2) is 0 Å². The quantitative estimate of drug-likeness (QED) is 0.895. The molecule has 1 aromatic heterocycles. The van der Waals surface area contributed by atoms with Gasteiger partial charge >= 0.3 is 0 Å². The highest BCUT2D eigenvalue weighted by Crippen LogP contribution is 2.30. The average molecular weight is 288 g/mol. The third-order valence-electron chi connectivity index (χ3n) is 3.10. The molecule has 4 nitrogen and oxygen atoms in total. The summed E-state index contributed by atoms with van der Waals surface area (Å²) in [5, 5.41) is 12.3. The minimum atomic E-state index is -0.437. The highest BCUT2D eigenvalue weighted by Gasteiger charge is 2.35. The van der Waals surface area contributed by atoms with Gasteiger partial charge in [0.1, 0.15) is 0 Å². The number of aliphatic hydroxyl groups is 1. The summed E-state index contributed by atoms with van der Waals surface area (Å²) < 4.78 is 5.44. The lowest BCUT2D eigenvalue weighted by atomic mass is 9.98. The molecule has 2 N–H and O–H groups in total. The molecule has 16 heavy (non-hydrogen) atoms. The van der Waals surface area contributed by atoms with E-state index in [1.165, 1.54) is 6.26 Å². The number of nitrogens with one attached hydrogen (secondary N) is 1. The summed E-state index contributed by atoms with van der Waals surface area (Å²) >= 11 is 3.17. The molecule has 1 amide bonds. The third kappa shape index (κ3) is 2.15. The first-order chi connectivity index (χ1) is 7.67. The Morgan fingerprint density at radius 1 is 1.56 bits per heavy atom. The Morgan fingerprint density at radius 3 is 2.75 bits per heavy atom. The zero-order valence-corrected chi connectivity index (χ0v) is 10.4. The molecule has 0 unspecified atom stereocenters. The number of rotatable bonds is 3. The number of amides is 1. The van der Waals surface area contributed by atoms with Crippen molar-refractivity contribution in [1.82, 2.24) is 5.32 Å². The normalized spacial score (nSPS) is 18.6. The summed E-state index contributed by atoms with van der Waals surface area (Å²) in [5.74, 6) is -0.198. The van der Waals surface area contributed by atoms with Crippen LogP contribution >= 0.6 is 15.9 Å². The molecule has 88 valence electrons. The van der Waals surface area contributed by atoms with Gasteiger partial charge < -0.3 is 14.8 Å². The van der Waals surface area contributed by atoms with E-state index in [4.69, 9.17) is 4.42 Å². The number of hydrogen-bond donors (Lipinski definition) is 2. The fourth-order valence-electron chi connectivity index (χ4n) is 2.14. The zero-order valence-electron chi connectivity index (χ0n) is 8.83. The summed E-state index contributed by atoms with van der Waals surface area (Å²) in [5.41, 5.74) is 0.0353. The summed E-state index contributed by atoms with van der Waals surface area (Å²) in [7, 11) is 0. The van der Waals surface area contributed by atoms with Crippen molar-refractivity contribution in [3.63, 3.8) is 0 Å². The largest absolute Gasteiger partial charge is 0.457 e. The van der Waals surface area contributed by atoms with Gasteiger partial charge in [-0.1, -0.05) is 12.8 Å². The van der Waals surface area contributed by atoms with E-state index in [1.54, 1.807) is 6.07 Å². The Labute approximate surface area is 102 Å². The number of aliphatic hydroxyl groups excluding tert-OH is 1.